The van der Waals surface area contributed by atoms with Crippen LogP contribution in [0, 0.1) is 11.3 Å². The molecule has 0 aromatic carbocycles. The van der Waals surface area contributed by atoms with Gasteiger partial charge in [0.2, 0.25) is 5.91 Å². The molecule has 0 bridgehead atoms. The van der Waals surface area contributed by atoms with Crippen molar-refractivity contribution in [2.45, 2.75) is 33.1 Å². The molecule has 2 rings (SSSR count). The Bertz CT molecular complexity index is 307. The second kappa shape index (κ2) is 5.21. The molecule has 0 aromatic rings. The van der Waals surface area contributed by atoms with E-state index in [4.69, 9.17) is 4.74 Å². The van der Waals surface area contributed by atoms with Crippen molar-refractivity contribution in [3.05, 3.63) is 12.2 Å². The van der Waals surface area contributed by atoms with Crippen molar-refractivity contribution in [3.8, 4) is 0 Å². The Kier molecular flexibility index (Phi) is 3.87. The van der Waals surface area contributed by atoms with E-state index < -0.39 is 0 Å². The molecule has 0 N–H and O–H groups in total. The molecule has 1 amide bonds. The lowest BCUT2D eigenvalue weighted by Crippen LogP contribution is -2.46. The van der Waals surface area contributed by atoms with Crippen LogP contribution in [0.1, 0.15) is 33.1 Å². The molecule has 0 aromatic heterocycles. The molecule has 3 heteroatoms. The summed E-state index contributed by atoms with van der Waals surface area (Å²) in [7, 11) is 0. The number of morpholine rings is 1. The van der Waals surface area contributed by atoms with Crippen LogP contribution in [0.5, 0.6) is 0 Å². The van der Waals surface area contributed by atoms with Gasteiger partial charge in [0.1, 0.15) is 0 Å². The van der Waals surface area contributed by atoms with Crippen LogP contribution >= 0.6 is 0 Å². The molecule has 1 fully saturated rings. The highest BCUT2D eigenvalue weighted by atomic mass is 16.5. The van der Waals surface area contributed by atoms with Gasteiger partial charge in [-0.15, -0.1) is 0 Å². The predicted octanol–water partition coefficient (Wildman–Crippen LogP) is 2.23. The third-order valence-corrected chi connectivity index (χ3v) is 4.27. The number of nitrogens with zero attached hydrogens (tertiary/aromatic N) is 1. The van der Waals surface area contributed by atoms with E-state index in [2.05, 4.69) is 26.0 Å². The van der Waals surface area contributed by atoms with Crippen molar-refractivity contribution in [2.24, 2.45) is 11.3 Å². The minimum Gasteiger partial charge on any atom is -0.378 e. The maximum atomic E-state index is 12.4. The molecule has 0 spiro atoms. The normalized spacial score (nSPS) is 31.3. The smallest absolute Gasteiger partial charge is 0.226 e. The lowest BCUT2D eigenvalue weighted by molar-refractivity contribution is -0.142. The van der Waals surface area contributed by atoms with Gasteiger partial charge in [-0.3, -0.25) is 4.79 Å². The van der Waals surface area contributed by atoms with Crippen molar-refractivity contribution in [2.75, 3.05) is 26.3 Å². The maximum Gasteiger partial charge on any atom is 0.226 e. The van der Waals surface area contributed by atoms with Gasteiger partial charge in [-0.2, -0.15) is 0 Å². The molecule has 0 unspecified atom stereocenters. The Labute approximate surface area is 104 Å². The van der Waals surface area contributed by atoms with Crippen LogP contribution in [-0.2, 0) is 9.53 Å². The molecule has 1 heterocycles. The van der Waals surface area contributed by atoms with Gasteiger partial charge in [-0.25, -0.2) is 0 Å². The first kappa shape index (κ1) is 12.6. The topological polar surface area (TPSA) is 29.5 Å². The number of ether oxygens (including phenoxy) is 1. The van der Waals surface area contributed by atoms with Gasteiger partial charge in [0, 0.05) is 19.0 Å². The molecule has 3 nitrogen and oxygen atoms in total. The summed E-state index contributed by atoms with van der Waals surface area (Å²) in [6.07, 6.45) is 7.97. The number of hydrogen-bond acceptors (Lipinski definition) is 2. The molecule has 1 aliphatic carbocycles. The first-order chi connectivity index (χ1) is 8.13. The van der Waals surface area contributed by atoms with Gasteiger partial charge in [0.25, 0.3) is 0 Å². The fourth-order valence-corrected chi connectivity index (χ4v) is 2.74. The fraction of sp³-hybridized carbons (Fsp3) is 0.786. The third kappa shape index (κ3) is 2.71. The van der Waals surface area contributed by atoms with Crippen LogP contribution in [0.15, 0.2) is 12.2 Å². The van der Waals surface area contributed by atoms with Crippen LogP contribution in [0.25, 0.3) is 0 Å². The molecule has 2 atom stereocenters. The minimum atomic E-state index is 0.0492. The number of carbonyl (C=O) groups excluding carboxylic acids is 1. The fourth-order valence-electron chi connectivity index (χ4n) is 2.74. The van der Waals surface area contributed by atoms with Crippen LogP contribution in [0.2, 0.25) is 0 Å². The number of rotatable bonds is 2. The van der Waals surface area contributed by atoms with E-state index in [1.165, 1.54) is 6.42 Å². The second-order valence-corrected chi connectivity index (χ2v) is 5.46. The molecule has 1 aliphatic heterocycles. The Hall–Kier alpha value is -0.830. The average Bonchev–Trinajstić information content (AvgIpc) is 2.39. The minimum absolute atomic E-state index is 0.0492. The summed E-state index contributed by atoms with van der Waals surface area (Å²) >= 11 is 0. The van der Waals surface area contributed by atoms with E-state index in [1.54, 1.807) is 0 Å². The van der Waals surface area contributed by atoms with E-state index in [1.807, 2.05) is 4.90 Å². The van der Waals surface area contributed by atoms with Crippen molar-refractivity contribution < 1.29 is 9.53 Å². The molecule has 0 radical (unpaired) electrons. The molecule has 96 valence electrons. The first-order valence-corrected chi connectivity index (χ1v) is 6.68. The van der Waals surface area contributed by atoms with Gasteiger partial charge in [-0.05, 0) is 24.7 Å². The largest absolute Gasteiger partial charge is 0.378 e. The average molecular weight is 237 g/mol. The van der Waals surface area contributed by atoms with Crippen LogP contribution in [-0.4, -0.2) is 37.1 Å². The number of carbonyl (C=O) groups is 1. The Balaban J connectivity index is 2.02. The number of allylic oxidation sites excluding steroid dienone is 2. The van der Waals surface area contributed by atoms with Crippen LogP contribution in [0.4, 0.5) is 0 Å². The highest BCUT2D eigenvalue weighted by Crippen LogP contribution is 2.38. The van der Waals surface area contributed by atoms with Gasteiger partial charge in [0.05, 0.1) is 13.2 Å². The molecule has 0 saturated carbocycles. The van der Waals surface area contributed by atoms with E-state index in [0.29, 0.717) is 19.1 Å². The Morgan fingerprint density at radius 3 is 2.71 bits per heavy atom. The highest BCUT2D eigenvalue weighted by molar-refractivity contribution is 5.79. The van der Waals surface area contributed by atoms with Crippen molar-refractivity contribution in [3.63, 3.8) is 0 Å². The Morgan fingerprint density at radius 1 is 1.41 bits per heavy atom. The van der Waals surface area contributed by atoms with Gasteiger partial charge < -0.3 is 9.64 Å². The number of amides is 1. The quantitative estimate of drug-likeness (QED) is 0.689. The molecule has 1 saturated heterocycles. The summed E-state index contributed by atoms with van der Waals surface area (Å²) in [4.78, 5) is 14.4. The summed E-state index contributed by atoms with van der Waals surface area (Å²) in [6, 6.07) is 0. The lowest BCUT2D eigenvalue weighted by Gasteiger charge is -2.38. The molecule has 2 aliphatic rings. The third-order valence-electron chi connectivity index (χ3n) is 4.27. The SMILES string of the molecule is C[C@H](C(=O)N1CCOCC1)[C@@]1(C)C=CCCC1. The van der Waals surface area contributed by atoms with Crippen LogP contribution in [0.3, 0.4) is 0 Å². The van der Waals surface area contributed by atoms with Gasteiger partial charge >= 0.3 is 0 Å². The van der Waals surface area contributed by atoms with Crippen LogP contribution < -0.4 is 0 Å². The monoisotopic (exact) mass is 237 g/mol. The number of hydrogen-bond donors (Lipinski definition) is 0. The molecule has 17 heavy (non-hydrogen) atoms. The first-order valence-electron chi connectivity index (χ1n) is 6.68. The van der Waals surface area contributed by atoms with E-state index in [9.17, 15) is 4.79 Å². The van der Waals surface area contributed by atoms with E-state index in [0.717, 1.165) is 25.9 Å². The predicted molar refractivity (Wildman–Crippen MR) is 67.7 cm³/mol. The van der Waals surface area contributed by atoms with Crippen molar-refractivity contribution >= 4 is 5.91 Å². The van der Waals surface area contributed by atoms with Crippen molar-refractivity contribution in [1.29, 1.82) is 0 Å². The van der Waals surface area contributed by atoms with Gasteiger partial charge in [-0.1, -0.05) is 26.0 Å². The lowest BCUT2D eigenvalue weighted by atomic mass is 9.71. The van der Waals surface area contributed by atoms with E-state index in [-0.39, 0.29) is 11.3 Å². The zero-order valence-electron chi connectivity index (χ0n) is 10.9. The summed E-state index contributed by atoms with van der Waals surface area (Å²) in [5.41, 5.74) is 0.0492. The summed E-state index contributed by atoms with van der Waals surface area (Å²) in [5, 5.41) is 0. The zero-order valence-corrected chi connectivity index (χ0v) is 10.9. The van der Waals surface area contributed by atoms with E-state index >= 15 is 0 Å². The molecular formula is C14H23NO2. The Morgan fingerprint density at radius 2 is 2.12 bits per heavy atom. The maximum absolute atomic E-state index is 12.4. The highest BCUT2D eigenvalue weighted by Gasteiger charge is 2.36. The standard InChI is InChI=1S/C14H23NO2/c1-12(14(2)6-4-3-5-7-14)13(16)15-8-10-17-11-9-15/h4,6,12H,3,5,7-11H2,1-2H3/t12-,14+/m1/s1. The van der Waals surface area contributed by atoms with Gasteiger partial charge in [0.15, 0.2) is 0 Å². The zero-order chi connectivity index (χ0) is 12.3. The summed E-state index contributed by atoms with van der Waals surface area (Å²) in [6.45, 7) is 7.17. The summed E-state index contributed by atoms with van der Waals surface area (Å²) in [5.74, 6) is 0.375. The van der Waals surface area contributed by atoms with Crippen molar-refractivity contribution in [1.82, 2.24) is 4.90 Å². The molecular weight excluding hydrogens is 214 g/mol. The summed E-state index contributed by atoms with van der Waals surface area (Å²) < 4.78 is 5.29. The second-order valence-electron chi connectivity index (χ2n) is 5.46.